The van der Waals surface area contributed by atoms with Gasteiger partial charge in [-0.1, -0.05) is 42.0 Å². The second kappa shape index (κ2) is 5.47. The molecule has 3 rings (SSSR count). The van der Waals surface area contributed by atoms with Crippen LogP contribution in [-0.2, 0) is 0 Å². The third-order valence-electron chi connectivity index (χ3n) is 3.73. The molecule has 1 aliphatic carbocycles. The van der Waals surface area contributed by atoms with Crippen molar-refractivity contribution in [3.8, 4) is 0 Å². The van der Waals surface area contributed by atoms with E-state index in [1.54, 1.807) is 0 Å². The van der Waals surface area contributed by atoms with Crippen molar-refractivity contribution in [1.29, 1.82) is 0 Å². The van der Waals surface area contributed by atoms with Gasteiger partial charge in [-0.15, -0.1) is 0 Å². The highest BCUT2D eigenvalue weighted by atomic mass is 79.9. The molecule has 0 fully saturated rings. The molecule has 0 aromatic heterocycles. The first-order valence-corrected chi connectivity index (χ1v) is 8.06. The molecule has 2 aromatic carbocycles. The molecule has 102 valence electrons. The molecule has 0 radical (unpaired) electrons. The van der Waals surface area contributed by atoms with Gasteiger partial charge in [-0.3, -0.25) is 0 Å². The fourth-order valence-electron chi connectivity index (χ4n) is 2.57. The van der Waals surface area contributed by atoms with Crippen molar-refractivity contribution in [1.82, 2.24) is 0 Å². The van der Waals surface area contributed by atoms with Crippen molar-refractivity contribution in [3.63, 3.8) is 0 Å². The van der Waals surface area contributed by atoms with Crippen molar-refractivity contribution in [3.05, 3.63) is 73.7 Å². The minimum absolute atomic E-state index is 0.0103. The van der Waals surface area contributed by atoms with E-state index in [1.807, 2.05) is 12.1 Å². The Hall–Kier alpha value is -0.900. The van der Waals surface area contributed by atoms with Crippen LogP contribution in [-0.4, -0.2) is 5.11 Å². The van der Waals surface area contributed by atoms with Crippen LogP contribution in [0.3, 0.4) is 0 Å². The molecule has 0 bridgehead atoms. The average molecular weight is 394 g/mol. The summed E-state index contributed by atoms with van der Waals surface area (Å²) in [5.41, 5.74) is 4.41. The second-order valence-electron chi connectivity index (χ2n) is 5.14. The van der Waals surface area contributed by atoms with E-state index in [4.69, 9.17) is 0 Å². The topological polar surface area (TPSA) is 20.2 Å². The lowest BCUT2D eigenvalue weighted by Gasteiger charge is -2.26. The minimum Gasteiger partial charge on any atom is -0.387 e. The van der Waals surface area contributed by atoms with Crippen molar-refractivity contribution < 1.29 is 5.11 Å². The largest absolute Gasteiger partial charge is 0.387 e. The molecule has 0 heterocycles. The molecule has 2 unspecified atom stereocenters. The Morgan fingerprint density at radius 2 is 1.65 bits per heavy atom. The van der Waals surface area contributed by atoms with Crippen LogP contribution in [0.1, 0.15) is 34.3 Å². The van der Waals surface area contributed by atoms with E-state index in [2.05, 4.69) is 75.2 Å². The molecule has 0 saturated heterocycles. The van der Waals surface area contributed by atoms with Crippen molar-refractivity contribution in [2.75, 3.05) is 0 Å². The Kier molecular flexibility index (Phi) is 3.85. The molecule has 1 N–H and O–H groups in total. The maximum atomic E-state index is 10.7. The summed E-state index contributed by atoms with van der Waals surface area (Å²) in [5, 5.41) is 10.7. The maximum absolute atomic E-state index is 10.7. The van der Waals surface area contributed by atoms with E-state index in [9.17, 15) is 5.11 Å². The fraction of sp³-hybridized carbons (Fsp3) is 0.176. The Balaban J connectivity index is 2.03. The van der Waals surface area contributed by atoms with E-state index < -0.39 is 6.10 Å². The third kappa shape index (κ3) is 2.50. The van der Waals surface area contributed by atoms with Crippen LogP contribution in [0.15, 0.2) is 51.4 Å². The summed E-state index contributed by atoms with van der Waals surface area (Å²) in [4.78, 5) is 0. The zero-order valence-electron chi connectivity index (χ0n) is 11.0. The molecular weight excluding hydrogens is 380 g/mol. The number of rotatable bonds is 1. The van der Waals surface area contributed by atoms with Gasteiger partial charge in [0, 0.05) is 14.9 Å². The van der Waals surface area contributed by atoms with Gasteiger partial charge in [0.25, 0.3) is 0 Å². The number of fused-ring (bicyclic) bond motifs is 1. The second-order valence-corrected chi connectivity index (χ2v) is 6.84. The number of halogens is 2. The van der Waals surface area contributed by atoms with Gasteiger partial charge in [0.1, 0.15) is 0 Å². The lowest BCUT2D eigenvalue weighted by Crippen LogP contribution is -2.13. The summed E-state index contributed by atoms with van der Waals surface area (Å²) in [7, 11) is 0. The van der Waals surface area contributed by atoms with Crippen LogP contribution in [0.4, 0.5) is 0 Å². The highest BCUT2D eigenvalue weighted by Crippen LogP contribution is 2.41. The molecule has 0 saturated carbocycles. The highest BCUT2D eigenvalue weighted by Gasteiger charge is 2.26. The summed E-state index contributed by atoms with van der Waals surface area (Å²) in [5.74, 6) is 0.0103. The van der Waals surface area contributed by atoms with Gasteiger partial charge in [-0.2, -0.15) is 0 Å². The van der Waals surface area contributed by atoms with Crippen LogP contribution in [0, 0.1) is 6.92 Å². The van der Waals surface area contributed by atoms with E-state index in [0.717, 1.165) is 25.6 Å². The quantitative estimate of drug-likeness (QED) is 0.690. The number of aliphatic hydroxyl groups excluding tert-OH is 1. The lowest BCUT2D eigenvalue weighted by atomic mass is 9.82. The van der Waals surface area contributed by atoms with Crippen LogP contribution in [0.25, 0.3) is 6.08 Å². The van der Waals surface area contributed by atoms with Crippen molar-refractivity contribution in [2.45, 2.75) is 18.9 Å². The van der Waals surface area contributed by atoms with Crippen LogP contribution in [0.5, 0.6) is 0 Å². The third-order valence-corrected chi connectivity index (χ3v) is 5.57. The van der Waals surface area contributed by atoms with E-state index in [0.29, 0.717) is 0 Å². The van der Waals surface area contributed by atoms with Gasteiger partial charge in [-0.25, -0.2) is 0 Å². The van der Waals surface area contributed by atoms with Crippen LogP contribution in [0.2, 0.25) is 0 Å². The molecule has 2 aromatic rings. The van der Waals surface area contributed by atoms with Crippen LogP contribution >= 0.6 is 31.9 Å². The monoisotopic (exact) mass is 392 g/mol. The predicted octanol–water partition coefficient (Wildman–Crippen LogP) is 5.36. The van der Waals surface area contributed by atoms with Crippen molar-refractivity contribution in [2.24, 2.45) is 0 Å². The standard InChI is InChI=1S/C17H14Br2O/c1-10-2-4-11(5-3-10)13-7-6-12-8-15(18)16(19)9-14(12)17(13)20/h2-9,13,17,20H,1H3. The summed E-state index contributed by atoms with van der Waals surface area (Å²) < 4.78 is 1.97. The number of hydrogen-bond donors (Lipinski definition) is 1. The van der Waals surface area contributed by atoms with Crippen molar-refractivity contribution >= 4 is 37.9 Å². The Morgan fingerprint density at radius 3 is 2.35 bits per heavy atom. The first-order chi connectivity index (χ1) is 9.56. The normalized spacial score (nSPS) is 20.8. The number of aliphatic hydroxyl groups is 1. The summed E-state index contributed by atoms with van der Waals surface area (Å²) in [6.07, 6.45) is 3.66. The molecule has 20 heavy (non-hydrogen) atoms. The lowest BCUT2D eigenvalue weighted by molar-refractivity contribution is 0.160. The minimum atomic E-state index is -0.512. The van der Waals surface area contributed by atoms with Crippen LogP contribution < -0.4 is 0 Å². The summed E-state index contributed by atoms with van der Waals surface area (Å²) in [6.45, 7) is 2.07. The fourth-order valence-corrected chi connectivity index (χ4v) is 3.29. The Bertz CT molecular complexity index is 674. The first-order valence-electron chi connectivity index (χ1n) is 6.48. The molecular formula is C17H14Br2O. The first kappa shape index (κ1) is 14.1. The molecule has 0 aliphatic heterocycles. The van der Waals surface area contributed by atoms with Gasteiger partial charge >= 0.3 is 0 Å². The molecule has 3 heteroatoms. The number of benzene rings is 2. The molecule has 2 atom stereocenters. The predicted molar refractivity (Wildman–Crippen MR) is 89.8 cm³/mol. The average Bonchev–Trinajstić information content (AvgIpc) is 2.43. The Morgan fingerprint density at radius 1 is 1.00 bits per heavy atom. The summed E-state index contributed by atoms with van der Waals surface area (Å²) in [6, 6.07) is 12.4. The SMILES string of the molecule is Cc1ccc(C2C=Cc3cc(Br)c(Br)cc3C2O)cc1. The maximum Gasteiger partial charge on any atom is 0.0899 e. The number of aryl methyl sites for hydroxylation is 1. The van der Waals surface area contributed by atoms with E-state index in [-0.39, 0.29) is 5.92 Å². The molecule has 1 aliphatic rings. The highest BCUT2D eigenvalue weighted by molar-refractivity contribution is 9.13. The number of hydrogen-bond acceptors (Lipinski definition) is 1. The van der Waals surface area contributed by atoms with E-state index in [1.165, 1.54) is 5.56 Å². The molecule has 0 spiro atoms. The summed E-state index contributed by atoms with van der Waals surface area (Å²) >= 11 is 7.01. The molecule has 0 amide bonds. The molecule has 1 nitrogen and oxygen atoms in total. The smallest absolute Gasteiger partial charge is 0.0899 e. The van der Waals surface area contributed by atoms with Gasteiger partial charge in [0.2, 0.25) is 0 Å². The van der Waals surface area contributed by atoms with Gasteiger partial charge in [0.05, 0.1) is 6.10 Å². The van der Waals surface area contributed by atoms with Gasteiger partial charge in [-0.05, 0) is 67.6 Å². The van der Waals surface area contributed by atoms with Gasteiger partial charge < -0.3 is 5.11 Å². The van der Waals surface area contributed by atoms with E-state index >= 15 is 0 Å². The van der Waals surface area contributed by atoms with Gasteiger partial charge in [0.15, 0.2) is 0 Å². The zero-order chi connectivity index (χ0) is 14.3. The Labute approximate surface area is 135 Å². The zero-order valence-corrected chi connectivity index (χ0v) is 14.1.